The SMILES string of the molecule is O=S(=O)(NC1CCCCC1Sc1ncn[nH]1)c1ccc(Cl)cc1. The predicted octanol–water partition coefficient (Wildman–Crippen LogP) is 2.84. The standard InChI is InChI=1S/C14H17ClN4O2S2/c15-10-5-7-11(8-6-10)23(20,21)19-12-3-1-2-4-13(12)22-14-16-9-17-18-14/h5-9,12-13,19H,1-4H2,(H,16,17,18). The van der Waals surface area contributed by atoms with Crippen LogP contribution >= 0.6 is 23.4 Å². The minimum absolute atomic E-state index is 0.125. The third-order valence-corrected chi connectivity index (χ3v) is 6.83. The molecule has 1 aliphatic rings. The molecular weight excluding hydrogens is 356 g/mol. The average Bonchev–Trinajstić information content (AvgIpc) is 3.02. The number of hydrogen-bond donors (Lipinski definition) is 2. The van der Waals surface area contributed by atoms with Crippen LogP contribution in [0.5, 0.6) is 0 Å². The van der Waals surface area contributed by atoms with Crippen molar-refractivity contribution < 1.29 is 8.42 Å². The highest BCUT2D eigenvalue weighted by Gasteiger charge is 2.30. The number of aromatic amines is 1. The zero-order valence-corrected chi connectivity index (χ0v) is 14.7. The van der Waals surface area contributed by atoms with E-state index in [0.717, 1.165) is 25.7 Å². The van der Waals surface area contributed by atoms with Crippen molar-refractivity contribution in [1.29, 1.82) is 0 Å². The summed E-state index contributed by atoms with van der Waals surface area (Å²) in [7, 11) is -3.56. The Hall–Kier alpha value is -1.09. The van der Waals surface area contributed by atoms with Crippen molar-refractivity contribution in [2.24, 2.45) is 0 Å². The van der Waals surface area contributed by atoms with Gasteiger partial charge in [-0.1, -0.05) is 36.2 Å². The molecule has 1 aromatic carbocycles. The van der Waals surface area contributed by atoms with Crippen LogP contribution in [0, 0.1) is 0 Å². The van der Waals surface area contributed by atoms with Gasteiger partial charge in [-0.05, 0) is 37.1 Å². The molecule has 2 unspecified atom stereocenters. The molecule has 0 saturated heterocycles. The lowest BCUT2D eigenvalue weighted by atomic mass is 9.96. The molecule has 6 nitrogen and oxygen atoms in total. The molecule has 1 aromatic heterocycles. The summed E-state index contributed by atoms with van der Waals surface area (Å²) in [6.07, 6.45) is 5.32. The maximum absolute atomic E-state index is 12.6. The summed E-state index contributed by atoms with van der Waals surface area (Å²) >= 11 is 7.36. The Morgan fingerprint density at radius 3 is 2.65 bits per heavy atom. The zero-order valence-electron chi connectivity index (χ0n) is 12.3. The fourth-order valence-electron chi connectivity index (χ4n) is 2.65. The third-order valence-electron chi connectivity index (χ3n) is 3.79. The number of sulfonamides is 1. The highest BCUT2D eigenvalue weighted by atomic mass is 35.5. The smallest absolute Gasteiger partial charge is 0.240 e. The Bertz CT molecular complexity index is 735. The first-order chi connectivity index (χ1) is 11.0. The second-order valence-corrected chi connectivity index (χ2v) is 8.79. The van der Waals surface area contributed by atoms with Crippen LogP contribution in [0.3, 0.4) is 0 Å². The summed E-state index contributed by atoms with van der Waals surface area (Å²) in [5.41, 5.74) is 0. The van der Waals surface area contributed by atoms with E-state index in [4.69, 9.17) is 11.6 Å². The van der Waals surface area contributed by atoms with Gasteiger partial charge < -0.3 is 0 Å². The maximum Gasteiger partial charge on any atom is 0.240 e. The van der Waals surface area contributed by atoms with Gasteiger partial charge in [-0.3, -0.25) is 5.10 Å². The zero-order chi connectivity index (χ0) is 16.3. The third kappa shape index (κ3) is 4.26. The van der Waals surface area contributed by atoms with E-state index in [9.17, 15) is 8.42 Å². The van der Waals surface area contributed by atoms with Gasteiger partial charge in [0.1, 0.15) is 6.33 Å². The Balaban J connectivity index is 1.74. The average molecular weight is 373 g/mol. The van der Waals surface area contributed by atoms with Crippen molar-refractivity contribution >= 4 is 33.4 Å². The Morgan fingerprint density at radius 2 is 1.96 bits per heavy atom. The molecule has 1 heterocycles. The van der Waals surface area contributed by atoms with Gasteiger partial charge in [-0.2, -0.15) is 5.10 Å². The van der Waals surface area contributed by atoms with E-state index in [0.29, 0.717) is 10.2 Å². The van der Waals surface area contributed by atoms with Crippen molar-refractivity contribution in [2.45, 2.75) is 47.0 Å². The van der Waals surface area contributed by atoms with Gasteiger partial charge in [-0.15, -0.1) is 0 Å². The van der Waals surface area contributed by atoms with E-state index in [1.807, 2.05) is 0 Å². The van der Waals surface area contributed by atoms with Crippen molar-refractivity contribution in [3.8, 4) is 0 Å². The summed E-state index contributed by atoms with van der Waals surface area (Å²) in [5, 5.41) is 8.02. The van der Waals surface area contributed by atoms with Crippen LogP contribution < -0.4 is 4.72 Å². The van der Waals surface area contributed by atoms with Crippen molar-refractivity contribution in [2.75, 3.05) is 0 Å². The molecule has 23 heavy (non-hydrogen) atoms. The van der Waals surface area contributed by atoms with Gasteiger partial charge in [0.25, 0.3) is 0 Å². The Labute approximate surface area is 144 Å². The minimum Gasteiger partial charge on any atom is -0.254 e. The highest BCUT2D eigenvalue weighted by molar-refractivity contribution is 7.99. The minimum atomic E-state index is -3.56. The van der Waals surface area contributed by atoms with Gasteiger partial charge >= 0.3 is 0 Å². The normalized spacial score (nSPS) is 22.1. The van der Waals surface area contributed by atoms with E-state index in [1.165, 1.54) is 18.5 Å². The lowest BCUT2D eigenvalue weighted by Crippen LogP contribution is -2.43. The van der Waals surface area contributed by atoms with Crippen LogP contribution in [0.2, 0.25) is 5.02 Å². The molecule has 0 amide bonds. The molecule has 2 atom stereocenters. The number of nitrogens with zero attached hydrogens (tertiary/aromatic N) is 2. The first-order valence-electron chi connectivity index (χ1n) is 7.34. The lowest BCUT2D eigenvalue weighted by Gasteiger charge is -2.30. The van der Waals surface area contributed by atoms with Crippen molar-refractivity contribution in [3.63, 3.8) is 0 Å². The van der Waals surface area contributed by atoms with E-state index < -0.39 is 10.0 Å². The molecular formula is C14H17ClN4O2S2. The van der Waals surface area contributed by atoms with Crippen LogP contribution in [-0.4, -0.2) is 34.9 Å². The molecule has 9 heteroatoms. The molecule has 1 fully saturated rings. The second-order valence-electron chi connectivity index (χ2n) is 5.41. The number of aromatic nitrogens is 3. The van der Waals surface area contributed by atoms with Crippen LogP contribution in [0.15, 0.2) is 40.6 Å². The summed E-state index contributed by atoms with van der Waals surface area (Å²) in [6, 6.07) is 6.08. The number of hydrogen-bond acceptors (Lipinski definition) is 5. The monoisotopic (exact) mass is 372 g/mol. The molecule has 2 aromatic rings. The van der Waals surface area contributed by atoms with Crippen molar-refractivity contribution in [3.05, 3.63) is 35.6 Å². The molecule has 0 bridgehead atoms. The van der Waals surface area contributed by atoms with Crippen LogP contribution in [0.4, 0.5) is 0 Å². The molecule has 2 N–H and O–H groups in total. The van der Waals surface area contributed by atoms with Gasteiger partial charge in [-0.25, -0.2) is 18.1 Å². The van der Waals surface area contributed by atoms with E-state index in [1.54, 1.807) is 23.9 Å². The summed E-state index contributed by atoms with van der Waals surface area (Å²) in [4.78, 5) is 4.35. The predicted molar refractivity (Wildman–Crippen MR) is 90.1 cm³/mol. The molecule has 0 radical (unpaired) electrons. The maximum atomic E-state index is 12.6. The van der Waals surface area contributed by atoms with Crippen LogP contribution in [0.1, 0.15) is 25.7 Å². The van der Waals surface area contributed by atoms with Gasteiger partial charge in [0.15, 0.2) is 5.16 Å². The first kappa shape index (κ1) is 16.8. The lowest BCUT2D eigenvalue weighted by molar-refractivity contribution is 0.422. The van der Waals surface area contributed by atoms with E-state index in [-0.39, 0.29) is 16.2 Å². The number of benzene rings is 1. The first-order valence-corrected chi connectivity index (χ1v) is 10.1. The van der Waals surface area contributed by atoms with Crippen LogP contribution in [-0.2, 0) is 10.0 Å². The molecule has 3 rings (SSSR count). The van der Waals surface area contributed by atoms with Gasteiger partial charge in [0.05, 0.1) is 4.90 Å². The molecule has 0 spiro atoms. The number of H-pyrrole nitrogens is 1. The van der Waals surface area contributed by atoms with E-state index >= 15 is 0 Å². The number of rotatable bonds is 5. The molecule has 1 aliphatic carbocycles. The Kier molecular flexibility index (Phi) is 5.25. The largest absolute Gasteiger partial charge is 0.254 e. The topological polar surface area (TPSA) is 87.7 Å². The van der Waals surface area contributed by atoms with Crippen molar-refractivity contribution in [1.82, 2.24) is 19.9 Å². The van der Waals surface area contributed by atoms with Gasteiger partial charge in [0.2, 0.25) is 10.0 Å². The van der Waals surface area contributed by atoms with Crippen LogP contribution in [0.25, 0.3) is 0 Å². The van der Waals surface area contributed by atoms with E-state index in [2.05, 4.69) is 19.9 Å². The molecule has 1 saturated carbocycles. The molecule has 0 aliphatic heterocycles. The number of nitrogens with one attached hydrogen (secondary N) is 2. The summed E-state index contributed by atoms with van der Waals surface area (Å²) in [5.74, 6) is 0. The molecule has 124 valence electrons. The highest BCUT2D eigenvalue weighted by Crippen LogP contribution is 2.32. The summed E-state index contributed by atoms with van der Waals surface area (Å²) < 4.78 is 28.0. The second kappa shape index (κ2) is 7.21. The number of thioether (sulfide) groups is 1. The quantitative estimate of drug-likeness (QED) is 0.842. The fraction of sp³-hybridized carbons (Fsp3) is 0.429. The van der Waals surface area contributed by atoms with Gasteiger partial charge in [0, 0.05) is 16.3 Å². The Morgan fingerprint density at radius 1 is 1.22 bits per heavy atom. The fourth-order valence-corrected chi connectivity index (χ4v) is 5.32. The summed E-state index contributed by atoms with van der Waals surface area (Å²) in [6.45, 7) is 0. The number of halogens is 1.